The number of amides is 1. The lowest BCUT2D eigenvalue weighted by Crippen LogP contribution is -2.44. The van der Waals surface area contributed by atoms with Gasteiger partial charge in [0.05, 0.1) is 13.2 Å². The van der Waals surface area contributed by atoms with Crippen LogP contribution in [0.3, 0.4) is 0 Å². The van der Waals surface area contributed by atoms with Gasteiger partial charge in [0, 0.05) is 10.9 Å². The molecule has 0 saturated carbocycles. The zero-order valence-corrected chi connectivity index (χ0v) is 14.1. The van der Waals surface area contributed by atoms with E-state index >= 15 is 0 Å². The summed E-state index contributed by atoms with van der Waals surface area (Å²) in [5.74, 6) is -1.42. The SMILES string of the molecule is C=CCOCC(NC(=O)CCc1ccc(Br)c(C)c1)C(=O)O. The number of rotatable bonds is 9. The molecule has 0 heterocycles. The normalized spacial score (nSPS) is 11.7. The third-order valence-electron chi connectivity index (χ3n) is 3.02. The molecular formula is C16H20BrNO4. The molecule has 120 valence electrons. The Balaban J connectivity index is 2.47. The fraction of sp³-hybridized carbons (Fsp3) is 0.375. The fourth-order valence-electron chi connectivity index (χ4n) is 1.83. The van der Waals surface area contributed by atoms with Crippen molar-refractivity contribution in [1.82, 2.24) is 5.32 Å². The van der Waals surface area contributed by atoms with Crippen molar-refractivity contribution < 1.29 is 19.4 Å². The Morgan fingerprint density at radius 3 is 2.82 bits per heavy atom. The molecular weight excluding hydrogens is 350 g/mol. The second-order valence-electron chi connectivity index (χ2n) is 4.87. The number of ether oxygens (including phenoxy) is 1. The van der Waals surface area contributed by atoms with Crippen LogP contribution in [0.1, 0.15) is 17.5 Å². The molecule has 0 aromatic heterocycles. The van der Waals surface area contributed by atoms with Crippen LogP contribution >= 0.6 is 15.9 Å². The van der Waals surface area contributed by atoms with Crippen LogP contribution in [-0.4, -0.2) is 36.2 Å². The van der Waals surface area contributed by atoms with Gasteiger partial charge >= 0.3 is 5.97 Å². The second-order valence-corrected chi connectivity index (χ2v) is 5.72. The van der Waals surface area contributed by atoms with Gasteiger partial charge in [-0.25, -0.2) is 4.79 Å². The average molecular weight is 370 g/mol. The molecule has 0 bridgehead atoms. The smallest absolute Gasteiger partial charge is 0.328 e. The minimum absolute atomic E-state index is 0.0789. The topological polar surface area (TPSA) is 75.6 Å². The predicted octanol–water partition coefficient (Wildman–Crippen LogP) is 2.46. The van der Waals surface area contributed by atoms with Gasteiger partial charge < -0.3 is 15.2 Å². The largest absolute Gasteiger partial charge is 0.480 e. The van der Waals surface area contributed by atoms with Crippen LogP contribution < -0.4 is 5.32 Å². The molecule has 0 aliphatic heterocycles. The highest BCUT2D eigenvalue weighted by Gasteiger charge is 2.19. The first kappa shape index (κ1) is 18.4. The van der Waals surface area contributed by atoms with E-state index in [1.807, 2.05) is 25.1 Å². The van der Waals surface area contributed by atoms with Gasteiger partial charge in [-0.05, 0) is 30.5 Å². The maximum atomic E-state index is 11.9. The molecule has 1 amide bonds. The van der Waals surface area contributed by atoms with Crippen molar-refractivity contribution >= 4 is 27.8 Å². The Kier molecular flexibility index (Phi) is 7.84. The van der Waals surface area contributed by atoms with Crippen molar-refractivity contribution in [3.63, 3.8) is 0 Å². The van der Waals surface area contributed by atoms with Crippen LogP contribution in [0.15, 0.2) is 35.3 Å². The molecule has 0 aliphatic carbocycles. The number of carboxylic acid groups (broad SMARTS) is 1. The molecule has 6 heteroatoms. The maximum Gasteiger partial charge on any atom is 0.328 e. The van der Waals surface area contributed by atoms with Gasteiger partial charge in [0.2, 0.25) is 5.91 Å². The lowest BCUT2D eigenvalue weighted by Gasteiger charge is -2.14. The molecule has 0 radical (unpaired) electrons. The molecule has 2 N–H and O–H groups in total. The first-order valence-electron chi connectivity index (χ1n) is 6.90. The van der Waals surface area contributed by atoms with Gasteiger partial charge in [0.15, 0.2) is 6.04 Å². The number of hydrogen-bond donors (Lipinski definition) is 2. The van der Waals surface area contributed by atoms with Gasteiger partial charge in [-0.3, -0.25) is 4.79 Å². The number of benzene rings is 1. The molecule has 5 nitrogen and oxygen atoms in total. The monoisotopic (exact) mass is 369 g/mol. The number of carbonyl (C=O) groups excluding carboxylic acids is 1. The van der Waals surface area contributed by atoms with Crippen molar-refractivity contribution in [2.24, 2.45) is 0 Å². The zero-order chi connectivity index (χ0) is 16.5. The van der Waals surface area contributed by atoms with Crippen molar-refractivity contribution in [2.45, 2.75) is 25.8 Å². The molecule has 22 heavy (non-hydrogen) atoms. The highest BCUT2D eigenvalue weighted by atomic mass is 79.9. The van der Waals surface area contributed by atoms with Crippen LogP contribution in [-0.2, 0) is 20.7 Å². The van der Waals surface area contributed by atoms with E-state index in [0.29, 0.717) is 6.42 Å². The second kappa shape index (κ2) is 9.38. The third kappa shape index (κ3) is 6.41. The van der Waals surface area contributed by atoms with E-state index in [0.717, 1.165) is 15.6 Å². The number of hydrogen-bond acceptors (Lipinski definition) is 3. The van der Waals surface area contributed by atoms with Gasteiger partial charge in [-0.2, -0.15) is 0 Å². The summed E-state index contributed by atoms with van der Waals surface area (Å²) in [4.78, 5) is 22.9. The molecule has 0 fully saturated rings. The first-order valence-corrected chi connectivity index (χ1v) is 7.69. The summed E-state index contributed by atoms with van der Waals surface area (Å²) >= 11 is 3.42. The number of halogens is 1. The molecule has 1 aromatic rings. The van der Waals surface area contributed by atoms with Crippen molar-refractivity contribution in [3.8, 4) is 0 Å². The van der Waals surface area contributed by atoms with Gasteiger partial charge in [-0.1, -0.05) is 34.1 Å². The number of nitrogens with one attached hydrogen (secondary N) is 1. The molecule has 1 atom stereocenters. The summed E-state index contributed by atoms with van der Waals surface area (Å²) < 4.78 is 6.10. The van der Waals surface area contributed by atoms with E-state index in [-0.39, 0.29) is 25.5 Å². The minimum Gasteiger partial charge on any atom is -0.480 e. The van der Waals surface area contributed by atoms with Crippen LogP contribution in [0.25, 0.3) is 0 Å². The predicted molar refractivity (Wildman–Crippen MR) is 87.8 cm³/mol. The quantitative estimate of drug-likeness (QED) is 0.517. The summed E-state index contributed by atoms with van der Waals surface area (Å²) in [5.41, 5.74) is 2.13. The van der Waals surface area contributed by atoms with E-state index in [4.69, 9.17) is 9.84 Å². The highest BCUT2D eigenvalue weighted by molar-refractivity contribution is 9.10. The summed E-state index contributed by atoms with van der Waals surface area (Å²) in [7, 11) is 0. The lowest BCUT2D eigenvalue weighted by molar-refractivity contribution is -0.143. The molecule has 0 spiro atoms. The Labute approximate surface area is 138 Å². The minimum atomic E-state index is -1.11. The van der Waals surface area contributed by atoms with Gasteiger partial charge in [0.1, 0.15) is 0 Å². The molecule has 1 aromatic carbocycles. The Hall–Kier alpha value is -1.66. The van der Waals surface area contributed by atoms with E-state index in [1.54, 1.807) is 0 Å². The van der Waals surface area contributed by atoms with Gasteiger partial charge in [-0.15, -0.1) is 6.58 Å². The average Bonchev–Trinajstić information content (AvgIpc) is 2.47. The third-order valence-corrected chi connectivity index (χ3v) is 3.91. The number of aryl methyl sites for hydroxylation is 2. The summed E-state index contributed by atoms with van der Waals surface area (Å²) in [6, 6.07) is 4.83. The van der Waals surface area contributed by atoms with Crippen LogP contribution in [0.5, 0.6) is 0 Å². The standard InChI is InChI=1S/C16H20BrNO4/c1-3-8-22-10-14(16(20)21)18-15(19)7-5-12-4-6-13(17)11(2)9-12/h3-4,6,9,14H,1,5,7-8,10H2,2H3,(H,18,19)(H,20,21). The van der Waals surface area contributed by atoms with Crippen LogP contribution in [0.2, 0.25) is 0 Å². The zero-order valence-electron chi connectivity index (χ0n) is 12.5. The Morgan fingerprint density at radius 1 is 1.50 bits per heavy atom. The van der Waals surface area contributed by atoms with E-state index in [9.17, 15) is 9.59 Å². The van der Waals surface area contributed by atoms with Crippen molar-refractivity contribution in [1.29, 1.82) is 0 Å². The lowest BCUT2D eigenvalue weighted by atomic mass is 10.1. The maximum absolute atomic E-state index is 11.9. The van der Waals surface area contributed by atoms with Crippen molar-refractivity contribution in [3.05, 3.63) is 46.5 Å². The van der Waals surface area contributed by atoms with Crippen LogP contribution in [0.4, 0.5) is 0 Å². The van der Waals surface area contributed by atoms with E-state index < -0.39 is 12.0 Å². The Bertz CT molecular complexity index is 545. The summed E-state index contributed by atoms with van der Waals surface area (Å²) in [6.45, 7) is 5.62. The van der Waals surface area contributed by atoms with E-state index in [2.05, 4.69) is 27.8 Å². The molecule has 0 saturated heterocycles. The number of carbonyl (C=O) groups is 2. The molecule has 1 rings (SSSR count). The molecule has 1 unspecified atom stereocenters. The van der Waals surface area contributed by atoms with E-state index in [1.165, 1.54) is 6.08 Å². The molecule has 0 aliphatic rings. The Morgan fingerprint density at radius 2 is 2.23 bits per heavy atom. The van der Waals surface area contributed by atoms with Crippen LogP contribution in [0, 0.1) is 6.92 Å². The first-order chi connectivity index (χ1) is 10.4. The fourth-order valence-corrected chi connectivity index (χ4v) is 2.08. The number of carboxylic acids is 1. The summed E-state index contributed by atoms with van der Waals surface area (Å²) in [5, 5.41) is 11.5. The van der Waals surface area contributed by atoms with Gasteiger partial charge in [0.25, 0.3) is 0 Å². The van der Waals surface area contributed by atoms with Crippen molar-refractivity contribution in [2.75, 3.05) is 13.2 Å². The summed E-state index contributed by atoms with van der Waals surface area (Å²) in [6.07, 6.45) is 2.31. The highest BCUT2D eigenvalue weighted by Crippen LogP contribution is 2.17. The number of aliphatic carboxylic acids is 1.